The predicted octanol–water partition coefficient (Wildman–Crippen LogP) is -0.841. The molecule has 4 nitrogen and oxygen atoms in total. The Morgan fingerprint density at radius 1 is 1.67 bits per heavy atom. The Labute approximate surface area is 52.1 Å². The van der Waals surface area contributed by atoms with Crippen LogP contribution >= 0.6 is 0 Å². The van der Waals surface area contributed by atoms with E-state index in [1.54, 1.807) is 0 Å². The molecule has 1 rings (SSSR count). The summed E-state index contributed by atoms with van der Waals surface area (Å²) in [4.78, 5) is 21.4. The molecule has 50 valence electrons. The van der Waals surface area contributed by atoms with E-state index in [2.05, 4.69) is 0 Å². The fraction of sp³-hybridized carbons (Fsp3) is 0.600. The van der Waals surface area contributed by atoms with Crippen molar-refractivity contribution >= 4 is 12.4 Å². The van der Waals surface area contributed by atoms with Crippen LogP contribution in [0.5, 0.6) is 0 Å². The van der Waals surface area contributed by atoms with Crippen LogP contribution in [0.4, 0.5) is 0 Å². The lowest BCUT2D eigenvalue weighted by Crippen LogP contribution is -2.49. The van der Waals surface area contributed by atoms with Gasteiger partial charge < -0.3 is 10.0 Å². The van der Waals surface area contributed by atoms with Crippen LogP contribution in [0.3, 0.4) is 0 Å². The fourth-order valence-corrected chi connectivity index (χ4v) is 0.755. The predicted molar refractivity (Wildman–Crippen MR) is 28.8 cm³/mol. The Morgan fingerprint density at radius 2 is 2.22 bits per heavy atom. The Kier molecular flexibility index (Phi) is 1.38. The van der Waals surface area contributed by atoms with Crippen LogP contribution in [0.2, 0.25) is 0 Å². The average Bonchev–Trinajstić information content (AvgIpc) is 1.61. The lowest BCUT2D eigenvalue weighted by atomic mass is 10.0. The zero-order chi connectivity index (χ0) is 6.85. The molecule has 1 N–H and O–H groups in total. The van der Waals surface area contributed by atoms with Gasteiger partial charge in [0, 0.05) is 13.1 Å². The molecule has 4 heteroatoms. The Bertz CT molecular complexity index is 139. The number of amides is 1. The summed E-state index contributed by atoms with van der Waals surface area (Å²) in [5.41, 5.74) is 0. The SMILES string of the molecule is O=CN1CC(C(=O)O)C1. The molecule has 0 aliphatic carbocycles. The van der Waals surface area contributed by atoms with Gasteiger partial charge in [-0.05, 0) is 0 Å². The molecule has 0 aromatic heterocycles. The summed E-state index contributed by atoms with van der Waals surface area (Å²) in [7, 11) is 0. The number of aliphatic carboxylic acids is 1. The first-order valence-corrected chi connectivity index (χ1v) is 2.66. The van der Waals surface area contributed by atoms with E-state index in [0.29, 0.717) is 19.5 Å². The van der Waals surface area contributed by atoms with E-state index < -0.39 is 5.97 Å². The molecule has 0 saturated carbocycles. The molecule has 1 aliphatic heterocycles. The van der Waals surface area contributed by atoms with Crippen molar-refractivity contribution in [3.63, 3.8) is 0 Å². The Balaban J connectivity index is 2.26. The largest absolute Gasteiger partial charge is 0.481 e. The van der Waals surface area contributed by atoms with E-state index in [1.807, 2.05) is 0 Å². The summed E-state index contributed by atoms with van der Waals surface area (Å²) >= 11 is 0. The molecule has 1 saturated heterocycles. The van der Waals surface area contributed by atoms with Crippen molar-refractivity contribution in [2.24, 2.45) is 5.92 Å². The summed E-state index contributed by atoms with van der Waals surface area (Å²) < 4.78 is 0. The average molecular weight is 129 g/mol. The van der Waals surface area contributed by atoms with Crippen LogP contribution in [-0.4, -0.2) is 35.5 Å². The molecule has 0 unspecified atom stereocenters. The van der Waals surface area contributed by atoms with Gasteiger partial charge in [0.25, 0.3) is 0 Å². The molecule has 1 amide bonds. The summed E-state index contributed by atoms with van der Waals surface area (Å²) in [6.45, 7) is 0.748. The monoisotopic (exact) mass is 129 g/mol. The minimum atomic E-state index is -0.812. The van der Waals surface area contributed by atoms with Crippen molar-refractivity contribution in [2.75, 3.05) is 13.1 Å². The lowest BCUT2D eigenvalue weighted by molar-refractivity contribution is -0.149. The number of carbonyl (C=O) groups excluding carboxylic acids is 1. The van der Waals surface area contributed by atoms with Gasteiger partial charge in [0.2, 0.25) is 6.41 Å². The van der Waals surface area contributed by atoms with Crippen molar-refractivity contribution in [1.29, 1.82) is 0 Å². The first-order valence-electron chi connectivity index (χ1n) is 2.66. The number of likely N-dealkylation sites (tertiary alicyclic amines) is 1. The number of rotatable bonds is 2. The maximum Gasteiger partial charge on any atom is 0.310 e. The van der Waals surface area contributed by atoms with E-state index >= 15 is 0 Å². The number of carboxylic acid groups (broad SMARTS) is 1. The molecule has 0 bridgehead atoms. The minimum absolute atomic E-state index is 0.324. The quantitative estimate of drug-likeness (QED) is 0.494. The van der Waals surface area contributed by atoms with Crippen molar-refractivity contribution in [2.45, 2.75) is 0 Å². The first-order chi connectivity index (χ1) is 4.24. The highest BCUT2D eigenvalue weighted by atomic mass is 16.4. The number of carboxylic acids is 1. The smallest absolute Gasteiger partial charge is 0.310 e. The van der Waals surface area contributed by atoms with Gasteiger partial charge in [-0.25, -0.2) is 0 Å². The molecule has 0 atom stereocenters. The molecule has 9 heavy (non-hydrogen) atoms. The normalized spacial score (nSPS) is 18.9. The molecule has 0 aromatic rings. The number of hydrogen-bond donors (Lipinski definition) is 1. The van der Waals surface area contributed by atoms with E-state index in [-0.39, 0.29) is 5.92 Å². The first kappa shape index (κ1) is 6.07. The van der Waals surface area contributed by atoms with E-state index in [4.69, 9.17) is 5.11 Å². The Hall–Kier alpha value is -1.06. The highest BCUT2D eigenvalue weighted by molar-refractivity contribution is 5.73. The topological polar surface area (TPSA) is 57.6 Å². The van der Waals surface area contributed by atoms with Gasteiger partial charge in [0.05, 0.1) is 5.92 Å². The third-order valence-corrected chi connectivity index (χ3v) is 1.41. The molecule has 0 radical (unpaired) electrons. The summed E-state index contributed by atoms with van der Waals surface area (Å²) in [6, 6.07) is 0. The molecule has 1 fully saturated rings. The van der Waals surface area contributed by atoms with Crippen LogP contribution in [0.1, 0.15) is 0 Å². The van der Waals surface area contributed by atoms with Crippen LogP contribution < -0.4 is 0 Å². The van der Waals surface area contributed by atoms with Crippen LogP contribution in [-0.2, 0) is 9.59 Å². The molecule has 0 spiro atoms. The molecular weight excluding hydrogens is 122 g/mol. The maximum atomic E-state index is 10.1. The van der Waals surface area contributed by atoms with E-state index in [9.17, 15) is 9.59 Å². The second kappa shape index (κ2) is 2.05. The maximum absolute atomic E-state index is 10.1. The van der Waals surface area contributed by atoms with Gasteiger partial charge in [-0.3, -0.25) is 9.59 Å². The van der Waals surface area contributed by atoms with Gasteiger partial charge in [-0.2, -0.15) is 0 Å². The zero-order valence-electron chi connectivity index (χ0n) is 4.78. The third-order valence-electron chi connectivity index (χ3n) is 1.41. The van der Waals surface area contributed by atoms with Crippen molar-refractivity contribution in [3.05, 3.63) is 0 Å². The third kappa shape index (κ3) is 1.01. The van der Waals surface area contributed by atoms with Gasteiger partial charge in [0.1, 0.15) is 0 Å². The van der Waals surface area contributed by atoms with E-state index in [0.717, 1.165) is 0 Å². The van der Waals surface area contributed by atoms with Crippen LogP contribution in [0.15, 0.2) is 0 Å². The fourth-order valence-electron chi connectivity index (χ4n) is 0.755. The van der Waals surface area contributed by atoms with Crippen LogP contribution in [0, 0.1) is 5.92 Å². The summed E-state index contributed by atoms with van der Waals surface area (Å²) in [6.07, 6.45) is 0.666. The Morgan fingerprint density at radius 3 is 2.56 bits per heavy atom. The molecule has 1 aliphatic rings. The number of hydrogen-bond acceptors (Lipinski definition) is 2. The van der Waals surface area contributed by atoms with Gasteiger partial charge >= 0.3 is 5.97 Å². The van der Waals surface area contributed by atoms with Crippen molar-refractivity contribution in [3.8, 4) is 0 Å². The highest BCUT2D eigenvalue weighted by Crippen LogP contribution is 2.11. The standard InChI is InChI=1S/C5H7NO3/c7-3-6-1-4(2-6)5(8)9/h3-4H,1-2H2,(H,8,9). The minimum Gasteiger partial charge on any atom is -0.481 e. The van der Waals surface area contributed by atoms with Crippen molar-refractivity contribution < 1.29 is 14.7 Å². The lowest BCUT2D eigenvalue weighted by Gasteiger charge is -2.32. The molecule has 1 heterocycles. The van der Waals surface area contributed by atoms with E-state index in [1.165, 1.54) is 4.90 Å². The number of carbonyl (C=O) groups is 2. The second-order valence-electron chi connectivity index (χ2n) is 2.09. The van der Waals surface area contributed by atoms with Crippen molar-refractivity contribution in [1.82, 2.24) is 4.90 Å². The summed E-state index contributed by atoms with van der Waals surface area (Å²) in [5.74, 6) is -1.14. The zero-order valence-corrected chi connectivity index (χ0v) is 4.78. The van der Waals surface area contributed by atoms with Crippen LogP contribution in [0.25, 0.3) is 0 Å². The summed E-state index contributed by atoms with van der Waals surface area (Å²) in [5, 5.41) is 8.30. The van der Waals surface area contributed by atoms with Gasteiger partial charge in [0.15, 0.2) is 0 Å². The van der Waals surface area contributed by atoms with Gasteiger partial charge in [-0.1, -0.05) is 0 Å². The molecular formula is C5H7NO3. The molecule has 0 aromatic carbocycles. The number of nitrogens with zero attached hydrogens (tertiary/aromatic N) is 1. The second-order valence-corrected chi connectivity index (χ2v) is 2.09. The highest BCUT2D eigenvalue weighted by Gasteiger charge is 2.30. The van der Waals surface area contributed by atoms with Gasteiger partial charge in [-0.15, -0.1) is 0 Å².